The van der Waals surface area contributed by atoms with Gasteiger partial charge >= 0.3 is 6.18 Å². The lowest BCUT2D eigenvalue weighted by Gasteiger charge is -2.17. The molecule has 0 aliphatic heterocycles. The predicted molar refractivity (Wildman–Crippen MR) is 60.2 cm³/mol. The van der Waals surface area contributed by atoms with E-state index < -0.39 is 24.0 Å². The van der Waals surface area contributed by atoms with Crippen molar-refractivity contribution in [2.24, 2.45) is 0 Å². The standard InChI is InChI=1S/C12H10F4N2O2/c1-6(9(19)12(14,15)16)11-17-10(18-20-11)7-3-2-4-8(13)5-7/h2-6,9,19H,1H3. The van der Waals surface area contributed by atoms with Crippen LogP contribution in [0.4, 0.5) is 17.6 Å². The van der Waals surface area contributed by atoms with Gasteiger partial charge in [-0.2, -0.15) is 18.2 Å². The number of aliphatic hydroxyl groups excluding tert-OH is 1. The number of benzene rings is 1. The molecule has 0 spiro atoms. The summed E-state index contributed by atoms with van der Waals surface area (Å²) in [4.78, 5) is 3.75. The lowest BCUT2D eigenvalue weighted by atomic mass is 10.0. The number of aromatic nitrogens is 2. The van der Waals surface area contributed by atoms with Crippen molar-refractivity contribution in [3.63, 3.8) is 0 Å². The highest BCUT2D eigenvalue weighted by molar-refractivity contribution is 5.53. The first-order chi connectivity index (χ1) is 9.29. The van der Waals surface area contributed by atoms with E-state index in [2.05, 4.69) is 10.1 Å². The molecule has 108 valence electrons. The van der Waals surface area contributed by atoms with Crippen molar-refractivity contribution < 1.29 is 27.2 Å². The fourth-order valence-corrected chi connectivity index (χ4v) is 1.58. The van der Waals surface area contributed by atoms with Gasteiger partial charge in [0.15, 0.2) is 6.10 Å². The van der Waals surface area contributed by atoms with Crippen LogP contribution < -0.4 is 0 Å². The van der Waals surface area contributed by atoms with Gasteiger partial charge in [0.25, 0.3) is 0 Å². The van der Waals surface area contributed by atoms with Crippen LogP contribution in [-0.2, 0) is 0 Å². The molecule has 8 heteroatoms. The van der Waals surface area contributed by atoms with Crippen LogP contribution in [0.25, 0.3) is 11.4 Å². The van der Waals surface area contributed by atoms with Crippen molar-refractivity contribution in [3.05, 3.63) is 36.0 Å². The summed E-state index contributed by atoms with van der Waals surface area (Å²) >= 11 is 0. The lowest BCUT2D eigenvalue weighted by Crippen LogP contribution is -2.33. The molecule has 0 amide bonds. The molecule has 0 fully saturated rings. The SMILES string of the molecule is CC(c1nc(-c2cccc(F)c2)no1)C(O)C(F)(F)F. The third-order valence-corrected chi connectivity index (χ3v) is 2.72. The first-order valence-corrected chi connectivity index (χ1v) is 5.63. The van der Waals surface area contributed by atoms with Crippen LogP contribution in [0.3, 0.4) is 0 Å². The van der Waals surface area contributed by atoms with Gasteiger partial charge in [-0.25, -0.2) is 4.39 Å². The normalized spacial score (nSPS) is 15.1. The third kappa shape index (κ3) is 2.96. The van der Waals surface area contributed by atoms with E-state index in [0.717, 1.165) is 13.0 Å². The van der Waals surface area contributed by atoms with Crippen molar-refractivity contribution in [2.45, 2.75) is 25.1 Å². The Morgan fingerprint density at radius 3 is 2.60 bits per heavy atom. The first kappa shape index (κ1) is 14.4. The molecule has 2 aromatic rings. The maximum atomic E-state index is 13.0. The molecular formula is C12H10F4N2O2. The van der Waals surface area contributed by atoms with Crippen LogP contribution in [0, 0.1) is 5.82 Å². The fourth-order valence-electron chi connectivity index (χ4n) is 1.58. The van der Waals surface area contributed by atoms with Crippen molar-refractivity contribution in [1.29, 1.82) is 0 Å². The molecule has 0 saturated carbocycles. The topological polar surface area (TPSA) is 59.2 Å². The molecule has 0 bridgehead atoms. The number of nitrogens with zero attached hydrogens (tertiary/aromatic N) is 2. The second kappa shape index (κ2) is 5.20. The number of hydrogen-bond donors (Lipinski definition) is 1. The lowest BCUT2D eigenvalue weighted by molar-refractivity contribution is -0.210. The monoisotopic (exact) mass is 290 g/mol. The highest BCUT2D eigenvalue weighted by Gasteiger charge is 2.44. The summed E-state index contributed by atoms with van der Waals surface area (Å²) in [7, 11) is 0. The van der Waals surface area contributed by atoms with E-state index in [4.69, 9.17) is 9.63 Å². The maximum Gasteiger partial charge on any atom is 0.415 e. The van der Waals surface area contributed by atoms with Gasteiger partial charge in [0.2, 0.25) is 11.7 Å². The summed E-state index contributed by atoms with van der Waals surface area (Å²) in [6.07, 6.45) is -7.39. The zero-order valence-corrected chi connectivity index (χ0v) is 10.2. The van der Waals surface area contributed by atoms with Crippen LogP contribution in [0.2, 0.25) is 0 Å². The molecule has 0 saturated heterocycles. The molecule has 2 rings (SSSR count). The molecule has 2 unspecified atom stereocenters. The number of rotatable bonds is 3. The largest absolute Gasteiger partial charge is 0.415 e. The molecule has 0 radical (unpaired) electrons. The summed E-state index contributed by atoms with van der Waals surface area (Å²) in [6, 6.07) is 5.23. The Labute approximate surface area is 111 Å². The van der Waals surface area contributed by atoms with Gasteiger partial charge in [-0.3, -0.25) is 0 Å². The van der Waals surface area contributed by atoms with E-state index in [1.165, 1.54) is 18.2 Å². The van der Waals surface area contributed by atoms with Crippen LogP contribution >= 0.6 is 0 Å². The van der Waals surface area contributed by atoms with Crippen molar-refractivity contribution in [3.8, 4) is 11.4 Å². The Balaban J connectivity index is 2.25. The zero-order valence-electron chi connectivity index (χ0n) is 10.2. The van der Waals surface area contributed by atoms with Crippen molar-refractivity contribution in [1.82, 2.24) is 10.1 Å². The third-order valence-electron chi connectivity index (χ3n) is 2.72. The fraction of sp³-hybridized carbons (Fsp3) is 0.333. The number of halogens is 4. The molecule has 1 N–H and O–H groups in total. The number of hydrogen-bond acceptors (Lipinski definition) is 4. The van der Waals surface area contributed by atoms with Crippen LogP contribution in [0.1, 0.15) is 18.7 Å². The molecule has 4 nitrogen and oxygen atoms in total. The van der Waals surface area contributed by atoms with Crippen molar-refractivity contribution >= 4 is 0 Å². The van der Waals surface area contributed by atoms with E-state index in [0.29, 0.717) is 0 Å². The molecule has 0 aliphatic carbocycles. The molecule has 1 heterocycles. The molecule has 20 heavy (non-hydrogen) atoms. The molecule has 1 aromatic heterocycles. The number of aliphatic hydroxyl groups is 1. The quantitative estimate of drug-likeness (QED) is 0.883. The minimum absolute atomic E-state index is 0.0410. The Hall–Kier alpha value is -1.96. The Bertz CT molecular complexity index is 597. The summed E-state index contributed by atoms with van der Waals surface area (Å²) < 4.78 is 54.9. The first-order valence-electron chi connectivity index (χ1n) is 5.63. The highest BCUT2D eigenvalue weighted by Crippen LogP contribution is 2.31. The van der Waals surface area contributed by atoms with Gasteiger partial charge in [0.1, 0.15) is 5.82 Å². The Morgan fingerprint density at radius 2 is 2.00 bits per heavy atom. The van der Waals surface area contributed by atoms with E-state index >= 15 is 0 Å². The summed E-state index contributed by atoms with van der Waals surface area (Å²) in [5, 5.41) is 12.6. The van der Waals surface area contributed by atoms with E-state index in [9.17, 15) is 17.6 Å². The van der Waals surface area contributed by atoms with Gasteiger partial charge in [-0.05, 0) is 12.1 Å². The Kier molecular flexibility index (Phi) is 3.76. The molecule has 2 atom stereocenters. The number of alkyl halides is 3. The maximum absolute atomic E-state index is 13.0. The van der Waals surface area contributed by atoms with Gasteiger partial charge in [0.05, 0.1) is 5.92 Å². The van der Waals surface area contributed by atoms with Gasteiger partial charge < -0.3 is 9.63 Å². The van der Waals surface area contributed by atoms with Crippen LogP contribution in [0.15, 0.2) is 28.8 Å². The van der Waals surface area contributed by atoms with Gasteiger partial charge in [-0.15, -0.1) is 0 Å². The summed E-state index contributed by atoms with van der Waals surface area (Å²) in [5.41, 5.74) is 0.272. The van der Waals surface area contributed by atoms with Crippen LogP contribution in [0.5, 0.6) is 0 Å². The summed E-state index contributed by atoms with van der Waals surface area (Å²) in [6.45, 7) is 1.11. The smallest absolute Gasteiger partial charge is 0.383 e. The second-order valence-electron chi connectivity index (χ2n) is 4.24. The highest BCUT2D eigenvalue weighted by atomic mass is 19.4. The van der Waals surface area contributed by atoms with E-state index in [1.54, 1.807) is 0 Å². The van der Waals surface area contributed by atoms with Crippen molar-refractivity contribution in [2.75, 3.05) is 0 Å². The second-order valence-corrected chi connectivity index (χ2v) is 4.24. The molecular weight excluding hydrogens is 280 g/mol. The minimum Gasteiger partial charge on any atom is -0.383 e. The van der Waals surface area contributed by atoms with E-state index in [1.807, 2.05) is 0 Å². The van der Waals surface area contributed by atoms with Gasteiger partial charge in [0, 0.05) is 5.56 Å². The zero-order chi connectivity index (χ0) is 14.9. The predicted octanol–water partition coefficient (Wildman–Crippen LogP) is 2.90. The minimum atomic E-state index is -4.78. The van der Waals surface area contributed by atoms with Crippen LogP contribution in [-0.4, -0.2) is 27.5 Å². The van der Waals surface area contributed by atoms with Gasteiger partial charge in [-0.1, -0.05) is 24.2 Å². The molecule has 1 aromatic carbocycles. The Morgan fingerprint density at radius 1 is 1.30 bits per heavy atom. The van der Waals surface area contributed by atoms with E-state index in [-0.39, 0.29) is 17.3 Å². The molecule has 0 aliphatic rings. The average molecular weight is 290 g/mol. The average Bonchev–Trinajstić information content (AvgIpc) is 2.85. The summed E-state index contributed by atoms with van der Waals surface area (Å²) in [5.74, 6) is -2.35.